The first-order chi connectivity index (χ1) is 17.1. The van der Waals surface area contributed by atoms with Gasteiger partial charge in [-0.25, -0.2) is 14.8 Å². The molecule has 2 aromatic heterocycles. The molecule has 0 bridgehead atoms. The van der Waals surface area contributed by atoms with Crippen molar-refractivity contribution in [2.24, 2.45) is 0 Å². The number of nitriles is 1. The highest BCUT2D eigenvalue weighted by atomic mass is 16.2. The molecule has 11 heteroatoms. The van der Waals surface area contributed by atoms with E-state index in [1.54, 1.807) is 22.9 Å². The van der Waals surface area contributed by atoms with Crippen LogP contribution in [-0.4, -0.2) is 78.3 Å². The van der Waals surface area contributed by atoms with Crippen LogP contribution in [0.2, 0.25) is 0 Å². The van der Waals surface area contributed by atoms with Crippen LogP contribution in [-0.2, 0) is 17.8 Å². The molecule has 0 saturated heterocycles. The van der Waals surface area contributed by atoms with Gasteiger partial charge in [-0.15, -0.1) is 0 Å². The Bertz CT molecular complexity index is 1190. The zero-order chi connectivity index (χ0) is 26.4. The number of pyridine rings is 2. The van der Waals surface area contributed by atoms with Gasteiger partial charge in [0.15, 0.2) is 6.29 Å². The maximum atomic E-state index is 13.2. The highest BCUT2D eigenvalue weighted by molar-refractivity contribution is 6.01. The first-order valence-electron chi connectivity index (χ1n) is 11.7. The number of hydrogen-bond donors (Lipinski definition) is 2. The third kappa shape index (κ3) is 6.34. The van der Waals surface area contributed by atoms with Gasteiger partial charge in [-0.3, -0.25) is 19.8 Å². The maximum absolute atomic E-state index is 13.2. The van der Waals surface area contributed by atoms with E-state index in [0.717, 1.165) is 12.0 Å². The molecule has 0 aliphatic carbocycles. The second kappa shape index (κ2) is 11.6. The highest BCUT2D eigenvalue weighted by Gasteiger charge is 2.27. The Morgan fingerprint density at radius 2 is 2.03 bits per heavy atom. The highest BCUT2D eigenvalue weighted by Crippen LogP contribution is 2.28. The predicted octanol–water partition coefficient (Wildman–Crippen LogP) is 2.49. The second-order valence-corrected chi connectivity index (χ2v) is 9.33. The van der Waals surface area contributed by atoms with E-state index in [1.165, 1.54) is 11.1 Å². The van der Waals surface area contributed by atoms with Crippen LogP contribution >= 0.6 is 0 Å². The Morgan fingerprint density at radius 1 is 1.28 bits per heavy atom. The van der Waals surface area contributed by atoms with E-state index in [4.69, 9.17) is 0 Å². The molecule has 36 heavy (non-hydrogen) atoms. The minimum Gasteiger partial charge on any atom is -0.382 e. The van der Waals surface area contributed by atoms with E-state index in [2.05, 4.69) is 26.7 Å². The van der Waals surface area contributed by atoms with Crippen LogP contribution in [0.15, 0.2) is 18.3 Å². The molecule has 0 spiro atoms. The molecule has 0 saturated carbocycles. The average Bonchev–Trinajstić information content (AvgIpc) is 2.82. The second-order valence-electron chi connectivity index (χ2n) is 9.33. The maximum Gasteiger partial charge on any atom is 0.328 e. The van der Waals surface area contributed by atoms with Crippen molar-refractivity contribution >= 4 is 35.5 Å². The third-order valence-corrected chi connectivity index (χ3v) is 5.62. The fourth-order valence-corrected chi connectivity index (χ4v) is 3.94. The van der Waals surface area contributed by atoms with Gasteiger partial charge in [0.05, 0.1) is 17.8 Å². The number of amides is 3. The molecule has 3 rings (SSSR count). The molecule has 190 valence electrons. The van der Waals surface area contributed by atoms with E-state index in [1.807, 2.05) is 34.0 Å². The summed E-state index contributed by atoms with van der Waals surface area (Å²) in [6.07, 6.45) is 3.48. The molecule has 0 fully saturated rings. The molecule has 11 nitrogen and oxygen atoms in total. The Balaban J connectivity index is 1.84. The summed E-state index contributed by atoms with van der Waals surface area (Å²) < 4.78 is 0. The van der Waals surface area contributed by atoms with Crippen molar-refractivity contribution in [3.8, 4) is 6.07 Å². The van der Waals surface area contributed by atoms with Crippen LogP contribution in [0.4, 0.5) is 22.1 Å². The lowest BCUT2D eigenvalue weighted by atomic mass is 10.0. The van der Waals surface area contributed by atoms with Gasteiger partial charge < -0.3 is 15.1 Å². The third-order valence-electron chi connectivity index (χ3n) is 5.62. The summed E-state index contributed by atoms with van der Waals surface area (Å²) in [4.78, 5) is 50.9. The number of aldehydes is 1. The molecule has 0 aromatic carbocycles. The van der Waals surface area contributed by atoms with Gasteiger partial charge in [0.25, 0.3) is 0 Å². The van der Waals surface area contributed by atoms with Crippen molar-refractivity contribution in [3.05, 3.63) is 40.7 Å². The Hall–Kier alpha value is -4.04. The topological polar surface area (TPSA) is 135 Å². The van der Waals surface area contributed by atoms with E-state index < -0.39 is 6.03 Å². The van der Waals surface area contributed by atoms with Gasteiger partial charge in [0.1, 0.15) is 23.4 Å². The normalized spacial score (nSPS) is 12.7. The summed E-state index contributed by atoms with van der Waals surface area (Å²) in [5.74, 6) is 0.639. The Morgan fingerprint density at radius 3 is 2.67 bits per heavy atom. The van der Waals surface area contributed by atoms with Crippen LogP contribution in [0.5, 0.6) is 0 Å². The smallest absolute Gasteiger partial charge is 0.328 e. The zero-order valence-corrected chi connectivity index (χ0v) is 21.3. The van der Waals surface area contributed by atoms with Crippen molar-refractivity contribution < 1.29 is 14.4 Å². The number of likely N-dealkylation sites (N-methyl/N-ethyl adjacent to an activating group) is 2. The lowest BCUT2D eigenvalue weighted by Gasteiger charge is -2.29. The SMILES string of the molecule is CC(C)Nc1cc(NC(=O)N2CCCc3cc(CN(C)C(=O)CN(C)C)c(C=O)nc32)ncc1C#N. The number of aromatic nitrogens is 2. The van der Waals surface area contributed by atoms with Gasteiger partial charge >= 0.3 is 6.03 Å². The van der Waals surface area contributed by atoms with Crippen LogP contribution in [0, 0.1) is 11.3 Å². The van der Waals surface area contributed by atoms with Crippen LogP contribution < -0.4 is 15.5 Å². The average molecular weight is 493 g/mol. The van der Waals surface area contributed by atoms with Gasteiger partial charge in [-0.05, 0) is 52.4 Å². The van der Waals surface area contributed by atoms with Crippen LogP contribution in [0.3, 0.4) is 0 Å². The van der Waals surface area contributed by atoms with Crippen molar-refractivity contribution in [3.63, 3.8) is 0 Å². The molecule has 0 radical (unpaired) electrons. The largest absolute Gasteiger partial charge is 0.382 e. The van der Waals surface area contributed by atoms with Crippen LogP contribution in [0.25, 0.3) is 0 Å². The predicted molar refractivity (Wildman–Crippen MR) is 137 cm³/mol. The molecule has 3 amide bonds. The molecule has 0 unspecified atom stereocenters. The number of hydrogen-bond acceptors (Lipinski definition) is 8. The van der Waals surface area contributed by atoms with Crippen molar-refractivity contribution in [1.82, 2.24) is 19.8 Å². The van der Waals surface area contributed by atoms with Crippen molar-refractivity contribution in [1.29, 1.82) is 5.26 Å². The molecule has 0 atom stereocenters. The van der Waals surface area contributed by atoms with E-state index in [0.29, 0.717) is 47.7 Å². The number of nitrogens with zero attached hydrogens (tertiary/aromatic N) is 6. The molecular formula is C25H32N8O3. The zero-order valence-electron chi connectivity index (χ0n) is 21.3. The summed E-state index contributed by atoms with van der Waals surface area (Å²) in [7, 11) is 5.32. The number of rotatable bonds is 8. The van der Waals surface area contributed by atoms with Gasteiger partial charge in [0, 0.05) is 44.0 Å². The number of nitrogens with one attached hydrogen (secondary N) is 2. The van der Waals surface area contributed by atoms with E-state index in [9.17, 15) is 19.6 Å². The standard InChI is InChI=1S/C25H32N8O3/c1-16(2)28-20-10-22(27-12-19(20)11-26)30-25(36)33-8-6-7-17-9-18(21(15-34)29-24(17)33)13-32(5)23(35)14-31(3)4/h9-10,12,15-16H,6-8,13-14H2,1-5H3,(H2,27,28,30,36). The quantitative estimate of drug-likeness (QED) is 0.537. The van der Waals surface area contributed by atoms with Crippen molar-refractivity contribution in [2.45, 2.75) is 39.3 Å². The summed E-state index contributed by atoms with van der Waals surface area (Å²) >= 11 is 0. The first kappa shape index (κ1) is 26.6. The summed E-state index contributed by atoms with van der Waals surface area (Å²) in [6.45, 7) is 4.83. The molecule has 1 aliphatic heterocycles. The van der Waals surface area contributed by atoms with E-state index in [-0.39, 0.29) is 30.7 Å². The molecule has 2 aromatic rings. The first-order valence-corrected chi connectivity index (χ1v) is 11.7. The summed E-state index contributed by atoms with van der Waals surface area (Å²) in [6, 6.07) is 5.22. The summed E-state index contributed by atoms with van der Waals surface area (Å²) in [5, 5.41) is 15.3. The number of anilines is 3. The number of carbonyl (C=O) groups excluding carboxylic acids is 3. The molecule has 3 heterocycles. The number of carbonyl (C=O) groups is 3. The minimum absolute atomic E-state index is 0.0724. The summed E-state index contributed by atoms with van der Waals surface area (Å²) in [5.41, 5.74) is 2.62. The lowest BCUT2D eigenvalue weighted by Crippen LogP contribution is -2.40. The number of urea groups is 1. The van der Waals surface area contributed by atoms with Crippen LogP contribution in [0.1, 0.15) is 47.4 Å². The minimum atomic E-state index is -0.431. The lowest BCUT2D eigenvalue weighted by molar-refractivity contribution is -0.131. The molecular weight excluding hydrogens is 460 g/mol. The monoisotopic (exact) mass is 492 g/mol. The van der Waals surface area contributed by atoms with Gasteiger partial charge in [0.2, 0.25) is 5.91 Å². The van der Waals surface area contributed by atoms with Gasteiger partial charge in [-0.1, -0.05) is 0 Å². The number of fused-ring (bicyclic) bond motifs is 1. The van der Waals surface area contributed by atoms with Gasteiger partial charge in [-0.2, -0.15) is 5.26 Å². The fourth-order valence-electron chi connectivity index (χ4n) is 3.94. The Kier molecular flexibility index (Phi) is 8.55. The molecule has 2 N–H and O–H groups in total. The molecule has 1 aliphatic rings. The fraction of sp³-hybridized carbons (Fsp3) is 0.440. The number of aryl methyl sites for hydroxylation is 1. The van der Waals surface area contributed by atoms with Crippen molar-refractivity contribution in [2.75, 3.05) is 49.8 Å². The Labute approximate surface area is 211 Å². The van der Waals surface area contributed by atoms with E-state index >= 15 is 0 Å².